The number of carbonyl (C=O) groups excluding carboxylic acids is 2. The van der Waals surface area contributed by atoms with Crippen LogP contribution in [-0.4, -0.2) is 36.6 Å². The zero-order valence-electron chi connectivity index (χ0n) is 17.1. The number of anilines is 1. The number of nitrogens with one attached hydrogen (secondary N) is 2. The van der Waals surface area contributed by atoms with Gasteiger partial charge in [0.15, 0.2) is 0 Å². The van der Waals surface area contributed by atoms with Crippen LogP contribution in [0, 0.1) is 5.92 Å². The quantitative estimate of drug-likeness (QED) is 0.488. The highest BCUT2D eigenvalue weighted by atomic mass is 16.5. The molecule has 7 heteroatoms. The van der Waals surface area contributed by atoms with Crippen molar-refractivity contribution in [2.45, 2.75) is 24.8 Å². The number of ether oxygens (including phenoxy) is 1. The highest BCUT2D eigenvalue weighted by Crippen LogP contribution is 2.49. The molecule has 2 aliphatic rings. The van der Waals surface area contributed by atoms with E-state index in [0.29, 0.717) is 17.0 Å². The van der Waals surface area contributed by atoms with Crippen LogP contribution in [0.25, 0.3) is 0 Å². The van der Waals surface area contributed by atoms with E-state index >= 15 is 0 Å². The van der Waals surface area contributed by atoms with E-state index in [1.807, 2.05) is 24.3 Å². The zero-order valence-corrected chi connectivity index (χ0v) is 17.1. The SMILES string of the molecule is COC(=O)c1ccc([C@@H]2Nc3ccc(C(=O)NCCC(=O)O)cc3[C@@H]3C=CC[C@@H]32)cc1. The summed E-state index contributed by atoms with van der Waals surface area (Å²) in [5.41, 5.74) is 4.16. The Labute approximate surface area is 180 Å². The van der Waals surface area contributed by atoms with Crippen LogP contribution in [0.4, 0.5) is 5.69 Å². The van der Waals surface area contributed by atoms with Gasteiger partial charge in [-0.1, -0.05) is 24.3 Å². The molecule has 3 N–H and O–H groups in total. The fourth-order valence-electron chi connectivity index (χ4n) is 4.40. The Morgan fingerprint density at radius 2 is 1.87 bits per heavy atom. The predicted molar refractivity (Wildman–Crippen MR) is 115 cm³/mol. The largest absolute Gasteiger partial charge is 0.481 e. The van der Waals surface area contributed by atoms with Gasteiger partial charge in [0.05, 0.1) is 25.1 Å². The van der Waals surface area contributed by atoms with Gasteiger partial charge in [-0.2, -0.15) is 0 Å². The number of rotatable bonds is 6. The van der Waals surface area contributed by atoms with Gasteiger partial charge in [-0.15, -0.1) is 0 Å². The Morgan fingerprint density at radius 3 is 2.58 bits per heavy atom. The third-order valence-corrected chi connectivity index (χ3v) is 5.94. The van der Waals surface area contributed by atoms with Crippen LogP contribution in [0.1, 0.15) is 56.6 Å². The lowest BCUT2D eigenvalue weighted by Crippen LogP contribution is -2.30. The topological polar surface area (TPSA) is 105 Å². The van der Waals surface area contributed by atoms with Crippen LogP contribution in [0.3, 0.4) is 0 Å². The Bertz CT molecular complexity index is 1040. The van der Waals surface area contributed by atoms with Crippen molar-refractivity contribution in [3.63, 3.8) is 0 Å². The van der Waals surface area contributed by atoms with Crippen molar-refractivity contribution in [3.8, 4) is 0 Å². The summed E-state index contributed by atoms with van der Waals surface area (Å²) in [6.45, 7) is 0.0963. The normalized spacial score (nSPS) is 20.9. The molecule has 0 bridgehead atoms. The molecule has 31 heavy (non-hydrogen) atoms. The fraction of sp³-hybridized carbons (Fsp3) is 0.292. The Morgan fingerprint density at radius 1 is 1.13 bits per heavy atom. The first-order valence-corrected chi connectivity index (χ1v) is 10.2. The minimum absolute atomic E-state index is 0.0782. The van der Waals surface area contributed by atoms with Crippen LogP contribution in [0.2, 0.25) is 0 Å². The summed E-state index contributed by atoms with van der Waals surface area (Å²) < 4.78 is 4.78. The molecule has 2 aromatic rings. The number of hydrogen-bond donors (Lipinski definition) is 3. The van der Waals surface area contributed by atoms with Crippen molar-refractivity contribution in [1.82, 2.24) is 5.32 Å². The molecule has 2 aromatic carbocycles. The summed E-state index contributed by atoms with van der Waals surface area (Å²) in [6, 6.07) is 13.1. The summed E-state index contributed by atoms with van der Waals surface area (Å²) >= 11 is 0. The van der Waals surface area contributed by atoms with Crippen molar-refractivity contribution in [2.75, 3.05) is 19.0 Å². The fourth-order valence-corrected chi connectivity index (χ4v) is 4.40. The molecule has 160 valence electrons. The average Bonchev–Trinajstić information content (AvgIpc) is 3.28. The minimum atomic E-state index is -0.945. The molecule has 0 spiro atoms. The van der Waals surface area contributed by atoms with Crippen LogP contribution < -0.4 is 10.6 Å². The van der Waals surface area contributed by atoms with Gasteiger partial charge in [-0.25, -0.2) is 4.79 Å². The van der Waals surface area contributed by atoms with Gasteiger partial charge in [0.1, 0.15) is 0 Å². The van der Waals surface area contributed by atoms with Gasteiger partial charge < -0.3 is 20.5 Å². The van der Waals surface area contributed by atoms with E-state index in [2.05, 4.69) is 22.8 Å². The molecule has 0 aromatic heterocycles. The molecule has 0 unspecified atom stereocenters. The van der Waals surface area contributed by atoms with E-state index in [-0.39, 0.29) is 36.8 Å². The molecule has 0 saturated carbocycles. The van der Waals surface area contributed by atoms with E-state index in [1.165, 1.54) is 7.11 Å². The highest BCUT2D eigenvalue weighted by molar-refractivity contribution is 5.95. The first-order valence-electron chi connectivity index (χ1n) is 10.2. The van der Waals surface area contributed by atoms with E-state index in [4.69, 9.17) is 9.84 Å². The molecule has 1 aliphatic heterocycles. The summed E-state index contributed by atoms with van der Waals surface area (Å²) in [6.07, 6.45) is 5.16. The number of carboxylic acid groups (broad SMARTS) is 1. The number of esters is 1. The molecular formula is C24H24N2O5. The van der Waals surface area contributed by atoms with Gasteiger partial charge >= 0.3 is 11.9 Å². The third-order valence-electron chi connectivity index (χ3n) is 5.94. The maximum absolute atomic E-state index is 12.4. The van der Waals surface area contributed by atoms with Gasteiger partial charge in [-0.3, -0.25) is 9.59 Å². The second kappa shape index (κ2) is 8.63. The number of benzene rings is 2. The van der Waals surface area contributed by atoms with Gasteiger partial charge in [0.25, 0.3) is 5.91 Å². The minimum Gasteiger partial charge on any atom is -0.481 e. The van der Waals surface area contributed by atoms with Crippen molar-refractivity contribution >= 4 is 23.5 Å². The molecule has 0 fully saturated rings. The van der Waals surface area contributed by atoms with Gasteiger partial charge in [0, 0.05) is 23.7 Å². The second-order valence-corrected chi connectivity index (χ2v) is 7.79. The number of carboxylic acids is 1. The monoisotopic (exact) mass is 420 g/mol. The zero-order chi connectivity index (χ0) is 22.0. The lowest BCUT2D eigenvalue weighted by molar-refractivity contribution is -0.136. The van der Waals surface area contributed by atoms with E-state index in [0.717, 1.165) is 23.2 Å². The highest BCUT2D eigenvalue weighted by Gasteiger charge is 2.38. The number of amides is 1. The predicted octanol–water partition coefficient (Wildman–Crippen LogP) is 3.50. The van der Waals surface area contributed by atoms with E-state index < -0.39 is 5.97 Å². The third kappa shape index (κ3) is 4.17. The summed E-state index contributed by atoms with van der Waals surface area (Å²) in [5, 5.41) is 15.0. The summed E-state index contributed by atoms with van der Waals surface area (Å²) in [7, 11) is 1.37. The van der Waals surface area contributed by atoms with Crippen molar-refractivity contribution in [3.05, 3.63) is 76.9 Å². The second-order valence-electron chi connectivity index (χ2n) is 7.79. The maximum atomic E-state index is 12.4. The van der Waals surface area contributed by atoms with Gasteiger partial charge in [-0.05, 0) is 53.8 Å². The lowest BCUT2D eigenvalue weighted by Gasteiger charge is -2.37. The number of fused-ring (bicyclic) bond motifs is 3. The summed E-state index contributed by atoms with van der Waals surface area (Å²) in [4.78, 5) is 34.8. The molecule has 1 aliphatic carbocycles. The Balaban J connectivity index is 1.57. The molecule has 3 atom stereocenters. The van der Waals surface area contributed by atoms with Crippen LogP contribution in [0.15, 0.2) is 54.6 Å². The van der Waals surface area contributed by atoms with Crippen LogP contribution in [0.5, 0.6) is 0 Å². The first kappa shape index (κ1) is 20.7. The lowest BCUT2D eigenvalue weighted by atomic mass is 9.76. The van der Waals surface area contributed by atoms with E-state index in [9.17, 15) is 14.4 Å². The number of carbonyl (C=O) groups is 3. The molecule has 4 rings (SSSR count). The van der Waals surface area contributed by atoms with Crippen molar-refractivity contribution < 1.29 is 24.2 Å². The Hall–Kier alpha value is -3.61. The van der Waals surface area contributed by atoms with Crippen molar-refractivity contribution in [2.24, 2.45) is 5.92 Å². The number of methoxy groups -OCH3 is 1. The number of aliphatic carboxylic acids is 1. The van der Waals surface area contributed by atoms with Crippen molar-refractivity contribution in [1.29, 1.82) is 0 Å². The molecule has 1 heterocycles. The van der Waals surface area contributed by atoms with Gasteiger partial charge in [0.2, 0.25) is 0 Å². The van der Waals surface area contributed by atoms with Crippen LogP contribution >= 0.6 is 0 Å². The summed E-state index contributed by atoms with van der Waals surface area (Å²) in [5.74, 6) is -1.11. The molecule has 7 nitrogen and oxygen atoms in total. The van der Waals surface area contributed by atoms with E-state index in [1.54, 1.807) is 18.2 Å². The smallest absolute Gasteiger partial charge is 0.337 e. The average molecular weight is 420 g/mol. The molecule has 1 amide bonds. The number of hydrogen-bond acceptors (Lipinski definition) is 5. The Kier molecular flexibility index (Phi) is 5.75. The number of allylic oxidation sites excluding steroid dienone is 2. The standard InChI is InChI=1S/C24H24N2O5/c1-31-24(30)15-7-5-14(6-8-15)22-18-4-2-3-17(18)19-13-16(9-10-20(19)26-22)23(29)25-12-11-21(27)28/h2-3,5-10,13,17-18,22,26H,4,11-12H2,1H3,(H,25,29)(H,27,28)/t17-,18+,22+/m1/s1. The molecular weight excluding hydrogens is 396 g/mol. The molecule has 0 saturated heterocycles. The molecule has 0 radical (unpaired) electrons. The first-order chi connectivity index (χ1) is 15.0. The van der Waals surface area contributed by atoms with Crippen LogP contribution in [-0.2, 0) is 9.53 Å². The maximum Gasteiger partial charge on any atom is 0.337 e.